The summed E-state index contributed by atoms with van der Waals surface area (Å²) in [5.41, 5.74) is 0.914. The second-order valence-corrected chi connectivity index (χ2v) is 5.75. The zero-order chi connectivity index (χ0) is 19.4. The maximum absolute atomic E-state index is 13.2. The molecule has 0 N–H and O–H groups in total. The Hall–Kier alpha value is -2.99. The molecule has 0 amide bonds. The number of methoxy groups -OCH3 is 3. The predicted octanol–water partition coefficient (Wildman–Crippen LogP) is 4.31. The monoisotopic (exact) mass is 403 g/mol. The van der Waals surface area contributed by atoms with Crippen LogP contribution in [0.5, 0.6) is 23.0 Å². The van der Waals surface area contributed by atoms with Crippen LogP contribution in [0.4, 0.5) is 0 Å². The molecule has 3 rings (SSSR count). The molecule has 0 unspecified atom stereocenters. The van der Waals surface area contributed by atoms with Crippen molar-refractivity contribution in [2.24, 2.45) is 0 Å². The first kappa shape index (κ1) is 21.3. The topological polar surface area (TPSA) is 66.9 Å². The number of carbonyl (C=O) groups is 1. The van der Waals surface area contributed by atoms with Crippen LogP contribution < -0.4 is 18.9 Å². The van der Waals surface area contributed by atoms with E-state index in [2.05, 4.69) is 4.98 Å². The number of rotatable bonds is 7. The molecular weight excluding hydrogens is 382 g/mol. The van der Waals surface area contributed by atoms with Crippen molar-refractivity contribution in [3.05, 3.63) is 53.9 Å². The summed E-state index contributed by atoms with van der Waals surface area (Å²) in [5, 5.41) is 1.63. The van der Waals surface area contributed by atoms with Crippen molar-refractivity contribution in [3.8, 4) is 23.0 Å². The number of ketones is 1. The van der Waals surface area contributed by atoms with Gasteiger partial charge in [0.05, 0.1) is 27.9 Å². The summed E-state index contributed by atoms with van der Waals surface area (Å²) >= 11 is 0. The summed E-state index contributed by atoms with van der Waals surface area (Å²) in [5.74, 6) is 1.84. The molecule has 0 spiro atoms. The van der Waals surface area contributed by atoms with E-state index in [9.17, 15) is 4.79 Å². The highest BCUT2D eigenvalue weighted by Gasteiger charge is 2.20. The van der Waals surface area contributed by atoms with Gasteiger partial charge >= 0.3 is 0 Å². The van der Waals surface area contributed by atoms with Gasteiger partial charge < -0.3 is 18.9 Å². The number of benzene rings is 2. The number of ether oxygens (including phenoxy) is 4. The van der Waals surface area contributed by atoms with Gasteiger partial charge in [-0.2, -0.15) is 0 Å². The van der Waals surface area contributed by atoms with Crippen molar-refractivity contribution in [2.75, 3.05) is 27.9 Å². The largest absolute Gasteiger partial charge is 0.494 e. The number of halogens is 1. The lowest BCUT2D eigenvalue weighted by Crippen LogP contribution is -2.05. The molecule has 0 aliphatic carbocycles. The van der Waals surface area contributed by atoms with Crippen LogP contribution in [0, 0.1) is 0 Å². The fourth-order valence-corrected chi connectivity index (χ4v) is 2.96. The minimum Gasteiger partial charge on any atom is -0.494 e. The van der Waals surface area contributed by atoms with Crippen LogP contribution in [-0.4, -0.2) is 38.7 Å². The second-order valence-electron chi connectivity index (χ2n) is 5.75. The van der Waals surface area contributed by atoms with Gasteiger partial charge in [-0.1, -0.05) is 0 Å². The van der Waals surface area contributed by atoms with Crippen molar-refractivity contribution in [3.63, 3.8) is 0 Å². The lowest BCUT2D eigenvalue weighted by atomic mass is 9.99. The van der Waals surface area contributed by atoms with E-state index in [1.54, 1.807) is 24.5 Å². The SMILES string of the molecule is CCOc1ccc2c(C(=O)c3cc(OC)c(OC)c(OC)c3)cncc2c1.Cl. The molecule has 0 atom stereocenters. The van der Waals surface area contributed by atoms with Crippen molar-refractivity contribution < 1.29 is 23.7 Å². The van der Waals surface area contributed by atoms with Crippen molar-refractivity contribution in [1.82, 2.24) is 4.98 Å². The third-order valence-corrected chi connectivity index (χ3v) is 4.21. The smallest absolute Gasteiger partial charge is 0.203 e. The molecule has 28 heavy (non-hydrogen) atoms. The van der Waals surface area contributed by atoms with Crippen LogP contribution in [-0.2, 0) is 0 Å². The number of nitrogens with zero attached hydrogens (tertiary/aromatic N) is 1. The first-order valence-electron chi connectivity index (χ1n) is 8.48. The van der Waals surface area contributed by atoms with Gasteiger partial charge in [0.2, 0.25) is 5.75 Å². The molecule has 0 fully saturated rings. The van der Waals surface area contributed by atoms with Gasteiger partial charge in [0.1, 0.15) is 5.75 Å². The van der Waals surface area contributed by atoms with E-state index in [0.29, 0.717) is 35.0 Å². The predicted molar refractivity (Wildman–Crippen MR) is 110 cm³/mol. The van der Waals surface area contributed by atoms with Crippen LogP contribution in [0.25, 0.3) is 10.8 Å². The molecule has 0 bridgehead atoms. The van der Waals surface area contributed by atoms with Gasteiger partial charge in [0, 0.05) is 28.9 Å². The van der Waals surface area contributed by atoms with E-state index in [4.69, 9.17) is 18.9 Å². The summed E-state index contributed by atoms with van der Waals surface area (Å²) in [6, 6.07) is 8.86. The van der Waals surface area contributed by atoms with Crippen molar-refractivity contribution in [1.29, 1.82) is 0 Å². The Morgan fingerprint density at radius 1 is 0.964 bits per heavy atom. The third-order valence-electron chi connectivity index (χ3n) is 4.21. The van der Waals surface area contributed by atoms with Gasteiger partial charge in [-0.3, -0.25) is 9.78 Å². The van der Waals surface area contributed by atoms with Gasteiger partial charge in [-0.05, 0) is 42.6 Å². The average molecular weight is 404 g/mol. The maximum Gasteiger partial charge on any atom is 0.203 e. The van der Waals surface area contributed by atoms with Crippen LogP contribution in [0.2, 0.25) is 0 Å². The summed E-state index contributed by atoms with van der Waals surface area (Å²) in [7, 11) is 4.55. The number of hydrogen-bond donors (Lipinski definition) is 0. The fourth-order valence-electron chi connectivity index (χ4n) is 2.96. The molecule has 0 saturated carbocycles. The molecule has 148 valence electrons. The summed E-state index contributed by atoms with van der Waals surface area (Å²) in [6.07, 6.45) is 3.28. The molecule has 3 aromatic rings. The van der Waals surface area contributed by atoms with E-state index >= 15 is 0 Å². The van der Waals surface area contributed by atoms with Gasteiger partial charge in [0.25, 0.3) is 0 Å². The van der Waals surface area contributed by atoms with Gasteiger partial charge in [-0.25, -0.2) is 0 Å². The Bertz CT molecular complexity index is 965. The molecule has 0 aliphatic rings. The summed E-state index contributed by atoms with van der Waals surface area (Å²) in [4.78, 5) is 17.4. The molecular formula is C21H22ClNO5. The van der Waals surface area contributed by atoms with Gasteiger partial charge in [0.15, 0.2) is 17.3 Å². The van der Waals surface area contributed by atoms with Gasteiger partial charge in [-0.15, -0.1) is 12.4 Å². The minimum absolute atomic E-state index is 0. The lowest BCUT2D eigenvalue weighted by Gasteiger charge is -2.14. The van der Waals surface area contributed by atoms with Crippen molar-refractivity contribution >= 4 is 29.0 Å². The molecule has 1 heterocycles. The Morgan fingerprint density at radius 2 is 1.64 bits per heavy atom. The third kappa shape index (κ3) is 3.97. The van der Waals surface area contributed by atoms with Crippen LogP contribution in [0.1, 0.15) is 22.8 Å². The Balaban J connectivity index is 0.00000280. The molecule has 6 nitrogen and oxygen atoms in total. The van der Waals surface area contributed by atoms with E-state index < -0.39 is 0 Å². The van der Waals surface area contributed by atoms with E-state index in [1.807, 2.05) is 25.1 Å². The van der Waals surface area contributed by atoms with E-state index in [-0.39, 0.29) is 18.2 Å². The highest BCUT2D eigenvalue weighted by molar-refractivity contribution is 6.16. The Morgan fingerprint density at radius 3 is 2.21 bits per heavy atom. The van der Waals surface area contributed by atoms with Crippen LogP contribution in [0.15, 0.2) is 42.7 Å². The molecule has 2 aromatic carbocycles. The zero-order valence-electron chi connectivity index (χ0n) is 16.1. The van der Waals surface area contributed by atoms with Crippen molar-refractivity contribution in [2.45, 2.75) is 6.92 Å². The second kappa shape index (κ2) is 9.28. The molecule has 0 radical (unpaired) electrons. The van der Waals surface area contributed by atoms with E-state index in [1.165, 1.54) is 21.3 Å². The highest BCUT2D eigenvalue weighted by atomic mass is 35.5. The first-order chi connectivity index (χ1) is 13.1. The standard InChI is InChI=1S/C21H21NO5.ClH/c1-5-27-15-6-7-16-14(8-15)11-22-12-17(16)20(23)13-9-18(24-2)21(26-4)19(10-13)25-3;/h6-12H,5H2,1-4H3;1H. The number of hydrogen-bond acceptors (Lipinski definition) is 6. The lowest BCUT2D eigenvalue weighted by molar-refractivity contribution is 0.103. The highest BCUT2D eigenvalue weighted by Crippen LogP contribution is 2.39. The van der Waals surface area contributed by atoms with Crippen LogP contribution in [0.3, 0.4) is 0 Å². The first-order valence-corrected chi connectivity index (χ1v) is 8.48. The fraction of sp³-hybridized carbons (Fsp3) is 0.238. The molecule has 1 aromatic heterocycles. The van der Waals surface area contributed by atoms with Crippen LogP contribution >= 0.6 is 12.4 Å². The maximum atomic E-state index is 13.2. The summed E-state index contributed by atoms with van der Waals surface area (Å²) < 4.78 is 21.5. The summed E-state index contributed by atoms with van der Waals surface area (Å²) in [6.45, 7) is 2.50. The Kier molecular flexibility index (Phi) is 7.06. The quantitative estimate of drug-likeness (QED) is 0.547. The number of fused-ring (bicyclic) bond motifs is 1. The molecule has 0 aliphatic heterocycles. The number of carbonyl (C=O) groups excluding carboxylic acids is 1. The number of pyridine rings is 1. The minimum atomic E-state index is -0.184. The normalized spacial score (nSPS) is 10.1. The number of aromatic nitrogens is 1. The average Bonchev–Trinajstić information content (AvgIpc) is 2.71. The molecule has 0 saturated heterocycles. The zero-order valence-corrected chi connectivity index (χ0v) is 17.0. The Labute approximate surface area is 169 Å². The van der Waals surface area contributed by atoms with E-state index in [0.717, 1.165) is 16.5 Å². The molecule has 7 heteroatoms.